The second-order valence-electron chi connectivity index (χ2n) is 4.47. The molecule has 0 aliphatic carbocycles. The van der Waals surface area contributed by atoms with Gasteiger partial charge in [0.1, 0.15) is 17.6 Å². The van der Waals surface area contributed by atoms with Crippen molar-refractivity contribution in [2.24, 2.45) is 16.8 Å². The van der Waals surface area contributed by atoms with Crippen LogP contribution in [-0.4, -0.2) is 23.6 Å². The molecule has 1 amide bonds. The van der Waals surface area contributed by atoms with Crippen LogP contribution in [0, 0.1) is 16.6 Å². The first kappa shape index (κ1) is 13.9. The lowest BCUT2D eigenvalue weighted by molar-refractivity contribution is -0.139. The van der Waals surface area contributed by atoms with Gasteiger partial charge >= 0.3 is 0 Å². The molecule has 6 nitrogen and oxygen atoms in total. The molecule has 20 heavy (non-hydrogen) atoms. The number of halogens is 1. The molecule has 1 atom stereocenters. The van der Waals surface area contributed by atoms with Gasteiger partial charge in [0.25, 0.3) is 0 Å². The molecule has 0 bridgehead atoms. The molecule has 7 heteroatoms. The van der Waals surface area contributed by atoms with Crippen molar-refractivity contribution in [1.82, 2.24) is 4.90 Å². The van der Waals surface area contributed by atoms with Crippen LogP contribution in [0.3, 0.4) is 0 Å². The number of nitroso groups, excluding NO2 is 1. The van der Waals surface area contributed by atoms with Gasteiger partial charge in [0.05, 0.1) is 0 Å². The first-order valence-corrected chi connectivity index (χ1v) is 5.85. The number of rotatable bonds is 3. The minimum Gasteiger partial charge on any atom is -0.383 e. The molecular weight excluding hydrogens is 265 g/mol. The third-order valence-electron chi connectivity index (χ3n) is 3.23. The second kappa shape index (κ2) is 5.20. The van der Waals surface area contributed by atoms with E-state index in [0.717, 1.165) is 4.90 Å². The van der Waals surface area contributed by atoms with E-state index in [1.807, 2.05) is 0 Å². The zero-order chi connectivity index (χ0) is 14.9. The number of ketones is 1. The second-order valence-corrected chi connectivity index (χ2v) is 4.47. The van der Waals surface area contributed by atoms with E-state index in [4.69, 9.17) is 5.73 Å². The van der Waals surface area contributed by atoms with Gasteiger partial charge in [-0.2, -0.15) is 0 Å². The van der Waals surface area contributed by atoms with E-state index in [1.165, 1.54) is 31.3 Å². The summed E-state index contributed by atoms with van der Waals surface area (Å²) in [4.78, 5) is 35.8. The predicted octanol–water partition coefficient (Wildman–Crippen LogP) is 0.920. The Hall–Kier alpha value is -2.57. The molecule has 104 valence electrons. The van der Waals surface area contributed by atoms with E-state index in [1.54, 1.807) is 0 Å². The quantitative estimate of drug-likeness (QED) is 0.656. The molecule has 0 aromatic heterocycles. The van der Waals surface area contributed by atoms with E-state index in [2.05, 4.69) is 5.18 Å². The summed E-state index contributed by atoms with van der Waals surface area (Å²) in [6.45, 7) is 0. The number of carbonyl (C=O) groups excluding carboxylic acids is 2. The lowest BCUT2D eigenvalue weighted by atomic mass is 9.90. The summed E-state index contributed by atoms with van der Waals surface area (Å²) in [5.74, 6) is -2.93. The first-order chi connectivity index (χ1) is 9.45. The third-order valence-corrected chi connectivity index (χ3v) is 3.23. The van der Waals surface area contributed by atoms with Gasteiger partial charge in [0.2, 0.25) is 11.7 Å². The van der Waals surface area contributed by atoms with Crippen molar-refractivity contribution in [2.45, 2.75) is 6.42 Å². The number of carbonyl (C=O) groups is 2. The van der Waals surface area contributed by atoms with Crippen molar-refractivity contribution < 1.29 is 14.0 Å². The van der Waals surface area contributed by atoms with Crippen LogP contribution < -0.4 is 5.73 Å². The van der Waals surface area contributed by atoms with Gasteiger partial charge in [-0.05, 0) is 29.3 Å². The zero-order valence-corrected chi connectivity index (χ0v) is 10.7. The molecular formula is C13H12FN3O3. The number of allylic oxidation sites excluding steroid dienone is 1. The van der Waals surface area contributed by atoms with E-state index >= 15 is 0 Å². The number of nitrogens with two attached hydrogens (primary N) is 1. The minimum atomic E-state index is -1.06. The average molecular weight is 277 g/mol. The summed E-state index contributed by atoms with van der Waals surface area (Å²) >= 11 is 0. The molecule has 1 aliphatic rings. The molecule has 2 N–H and O–H groups in total. The maximum atomic E-state index is 12.8. The van der Waals surface area contributed by atoms with Gasteiger partial charge in [-0.25, -0.2) is 4.39 Å². The monoisotopic (exact) mass is 277 g/mol. The molecule has 0 fully saturated rings. The van der Waals surface area contributed by atoms with Gasteiger partial charge in [-0.15, -0.1) is 4.91 Å². The maximum Gasteiger partial charge on any atom is 0.239 e. The summed E-state index contributed by atoms with van der Waals surface area (Å²) < 4.78 is 12.8. The number of hydrogen-bond acceptors (Lipinski definition) is 5. The summed E-state index contributed by atoms with van der Waals surface area (Å²) in [7, 11) is 1.37. The molecule has 1 aromatic rings. The van der Waals surface area contributed by atoms with Crippen molar-refractivity contribution in [3.05, 3.63) is 52.1 Å². The first-order valence-electron chi connectivity index (χ1n) is 5.85. The SMILES string of the molecule is CN1C(=O)C(Cc2ccc(F)cc2)C(=O)C(N=O)=C1N. The lowest BCUT2D eigenvalue weighted by Gasteiger charge is -2.28. The normalized spacial score (nSPS) is 19.5. The number of nitrogens with zero attached hydrogens (tertiary/aromatic N) is 2. The largest absolute Gasteiger partial charge is 0.383 e. The van der Waals surface area contributed by atoms with Gasteiger partial charge in [0.15, 0.2) is 5.70 Å². The van der Waals surface area contributed by atoms with Gasteiger partial charge in [-0.1, -0.05) is 12.1 Å². The molecule has 0 spiro atoms. The highest BCUT2D eigenvalue weighted by Gasteiger charge is 2.39. The summed E-state index contributed by atoms with van der Waals surface area (Å²) in [6.07, 6.45) is 0.0641. The molecule has 0 radical (unpaired) electrons. The Morgan fingerprint density at radius 3 is 2.45 bits per heavy atom. The molecule has 0 saturated heterocycles. The topological polar surface area (TPSA) is 92.8 Å². The number of hydrogen-bond donors (Lipinski definition) is 1. The molecule has 2 rings (SSSR count). The molecule has 0 saturated carbocycles. The van der Waals surface area contributed by atoms with Crippen molar-refractivity contribution >= 4 is 11.7 Å². The fourth-order valence-corrected chi connectivity index (χ4v) is 2.04. The zero-order valence-electron chi connectivity index (χ0n) is 10.7. The van der Waals surface area contributed by atoms with Crippen LogP contribution in [0.4, 0.5) is 4.39 Å². The van der Waals surface area contributed by atoms with Crippen molar-refractivity contribution in [1.29, 1.82) is 0 Å². The number of Topliss-reactive ketones (excluding diaryl/α,β-unsaturated/α-hetero) is 1. The highest BCUT2D eigenvalue weighted by molar-refractivity contribution is 6.12. The van der Waals surface area contributed by atoms with Gasteiger partial charge in [-0.3, -0.25) is 14.5 Å². The predicted molar refractivity (Wildman–Crippen MR) is 68.4 cm³/mol. The average Bonchev–Trinajstić information content (AvgIpc) is 2.44. The number of benzene rings is 1. The fraction of sp³-hybridized carbons (Fsp3) is 0.231. The van der Waals surface area contributed by atoms with Crippen LogP contribution in [0.15, 0.2) is 41.0 Å². The molecule has 1 heterocycles. The van der Waals surface area contributed by atoms with Crippen LogP contribution in [-0.2, 0) is 16.0 Å². The minimum absolute atomic E-state index is 0.0641. The fourth-order valence-electron chi connectivity index (χ4n) is 2.04. The Labute approximate surface area is 114 Å². The van der Waals surface area contributed by atoms with Crippen LogP contribution in [0.25, 0.3) is 0 Å². The van der Waals surface area contributed by atoms with E-state index in [9.17, 15) is 18.9 Å². The van der Waals surface area contributed by atoms with Crippen molar-refractivity contribution in [3.63, 3.8) is 0 Å². The highest BCUT2D eigenvalue weighted by Crippen LogP contribution is 2.24. The van der Waals surface area contributed by atoms with Crippen LogP contribution in [0.5, 0.6) is 0 Å². The van der Waals surface area contributed by atoms with Crippen molar-refractivity contribution in [3.8, 4) is 0 Å². The Kier molecular flexibility index (Phi) is 3.60. The van der Waals surface area contributed by atoms with E-state index in [-0.39, 0.29) is 12.2 Å². The van der Waals surface area contributed by atoms with Crippen LogP contribution in [0.2, 0.25) is 0 Å². The summed E-state index contributed by atoms with van der Waals surface area (Å²) in [5.41, 5.74) is 5.67. The number of amides is 1. The van der Waals surface area contributed by atoms with Gasteiger partial charge in [0, 0.05) is 7.05 Å². The summed E-state index contributed by atoms with van der Waals surface area (Å²) in [6, 6.07) is 5.43. The molecule has 1 unspecified atom stereocenters. The Balaban J connectivity index is 2.32. The third kappa shape index (κ3) is 2.29. The Bertz CT molecular complexity index is 610. The standard InChI is InChI=1S/C13H12FN3O3/c1-17-12(15)10(16-20)11(18)9(13(17)19)6-7-2-4-8(14)5-3-7/h2-5,9H,6,15H2,1H3. The molecule has 1 aliphatic heterocycles. The van der Waals surface area contributed by atoms with Crippen LogP contribution in [0.1, 0.15) is 5.56 Å². The lowest BCUT2D eigenvalue weighted by Crippen LogP contribution is -2.45. The van der Waals surface area contributed by atoms with Crippen molar-refractivity contribution in [2.75, 3.05) is 7.05 Å². The smallest absolute Gasteiger partial charge is 0.239 e. The van der Waals surface area contributed by atoms with Gasteiger partial charge < -0.3 is 5.73 Å². The Morgan fingerprint density at radius 2 is 1.90 bits per heavy atom. The van der Waals surface area contributed by atoms with Crippen LogP contribution >= 0.6 is 0 Å². The van der Waals surface area contributed by atoms with E-state index in [0.29, 0.717) is 5.56 Å². The Morgan fingerprint density at radius 1 is 1.30 bits per heavy atom. The summed E-state index contributed by atoms with van der Waals surface area (Å²) in [5, 5.41) is 2.60. The molecule has 1 aromatic carbocycles. The maximum absolute atomic E-state index is 12.8. The highest BCUT2D eigenvalue weighted by atomic mass is 19.1. The van der Waals surface area contributed by atoms with E-state index < -0.39 is 29.1 Å².